The second kappa shape index (κ2) is 1.98. The van der Waals surface area contributed by atoms with E-state index in [1.165, 1.54) is 0 Å². The van der Waals surface area contributed by atoms with Gasteiger partial charge in [0.1, 0.15) is 0 Å². The molecule has 3 nitrogen and oxygen atoms in total. The summed E-state index contributed by atoms with van der Waals surface area (Å²) in [6.45, 7) is 0. The minimum absolute atomic E-state index is 0.181. The van der Waals surface area contributed by atoms with Crippen molar-refractivity contribution in [1.29, 1.82) is 0 Å². The van der Waals surface area contributed by atoms with Gasteiger partial charge in [-0.1, -0.05) is 0 Å². The molecule has 1 saturated heterocycles. The zero-order valence-electron chi connectivity index (χ0n) is 6.54. The Hall–Kier alpha value is -0.0900. The summed E-state index contributed by atoms with van der Waals surface area (Å²) in [5.74, 6) is 0.251. The Morgan fingerprint density at radius 2 is 2.27 bits per heavy atom. The molecule has 2 atom stereocenters. The molecule has 0 aromatic carbocycles. The maximum Gasteiger partial charge on any atom is 0.158 e. The SMILES string of the molecule is CO[C@@]12CCC[C@@H]1S(=O)(=O)C2. The van der Waals surface area contributed by atoms with E-state index >= 15 is 0 Å². The van der Waals surface area contributed by atoms with E-state index in [0.29, 0.717) is 0 Å². The Morgan fingerprint density at radius 3 is 2.73 bits per heavy atom. The van der Waals surface area contributed by atoms with Crippen LogP contribution < -0.4 is 0 Å². The highest BCUT2D eigenvalue weighted by atomic mass is 32.2. The molecule has 1 saturated carbocycles. The van der Waals surface area contributed by atoms with Gasteiger partial charge in [0.05, 0.1) is 16.6 Å². The number of ether oxygens (including phenoxy) is 1. The van der Waals surface area contributed by atoms with E-state index in [2.05, 4.69) is 0 Å². The van der Waals surface area contributed by atoms with Crippen LogP contribution in [0.4, 0.5) is 0 Å². The fourth-order valence-electron chi connectivity index (χ4n) is 2.32. The Morgan fingerprint density at radius 1 is 1.55 bits per heavy atom. The van der Waals surface area contributed by atoms with E-state index in [9.17, 15) is 8.42 Å². The first kappa shape index (κ1) is 7.55. The lowest BCUT2D eigenvalue weighted by Crippen LogP contribution is -2.60. The van der Waals surface area contributed by atoms with E-state index < -0.39 is 9.84 Å². The van der Waals surface area contributed by atoms with Crippen molar-refractivity contribution in [2.75, 3.05) is 12.9 Å². The van der Waals surface area contributed by atoms with Crippen LogP contribution in [-0.2, 0) is 14.6 Å². The van der Waals surface area contributed by atoms with E-state index in [-0.39, 0.29) is 16.6 Å². The summed E-state index contributed by atoms with van der Waals surface area (Å²) in [4.78, 5) is 0. The van der Waals surface area contributed by atoms with Gasteiger partial charge in [-0.3, -0.25) is 0 Å². The van der Waals surface area contributed by atoms with Gasteiger partial charge < -0.3 is 4.74 Å². The molecule has 2 fully saturated rings. The fraction of sp³-hybridized carbons (Fsp3) is 1.00. The molecule has 0 bridgehead atoms. The van der Waals surface area contributed by atoms with Crippen LogP contribution >= 0.6 is 0 Å². The van der Waals surface area contributed by atoms with E-state index in [0.717, 1.165) is 19.3 Å². The van der Waals surface area contributed by atoms with Crippen molar-refractivity contribution >= 4 is 9.84 Å². The quantitative estimate of drug-likeness (QED) is 0.579. The second-order valence-corrected chi connectivity index (χ2v) is 5.64. The van der Waals surface area contributed by atoms with Gasteiger partial charge in [0.2, 0.25) is 0 Å². The minimum Gasteiger partial charge on any atom is -0.376 e. The highest BCUT2D eigenvalue weighted by Gasteiger charge is 2.61. The summed E-state index contributed by atoms with van der Waals surface area (Å²) in [5, 5.41) is -0.181. The third-order valence-corrected chi connectivity index (χ3v) is 5.36. The normalized spacial score (nSPS) is 46.5. The van der Waals surface area contributed by atoms with Crippen LogP contribution in [0, 0.1) is 0 Å². The minimum atomic E-state index is -2.75. The molecular weight excluding hydrogens is 164 g/mol. The summed E-state index contributed by atoms with van der Waals surface area (Å²) in [6, 6.07) is 0. The lowest BCUT2D eigenvalue weighted by molar-refractivity contribution is 0.00379. The third kappa shape index (κ3) is 0.796. The maximum atomic E-state index is 11.2. The molecule has 0 N–H and O–H groups in total. The van der Waals surface area contributed by atoms with Crippen molar-refractivity contribution in [2.45, 2.75) is 30.1 Å². The zero-order valence-corrected chi connectivity index (χ0v) is 7.36. The van der Waals surface area contributed by atoms with Crippen molar-refractivity contribution in [3.63, 3.8) is 0 Å². The number of methoxy groups -OCH3 is 1. The molecule has 0 amide bonds. The summed E-state index contributed by atoms with van der Waals surface area (Å²) in [5.41, 5.74) is -0.279. The Labute approximate surface area is 66.7 Å². The van der Waals surface area contributed by atoms with E-state index in [4.69, 9.17) is 4.74 Å². The lowest BCUT2D eigenvalue weighted by Gasteiger charge is -2.42. The van der Waals surface area contributed by atoms with Gasteiger partial charge in [-0.05, 0) is 19.3 Å². The topological polar surface area (TPSA) is 43.4 Å². The standard InChI is InChI=1S/C7H12O3S/c1-10-7-4-2-3-6(7)11(8,9)5-7/h6H,2-5H2,1H3/t6-,7+/m0/s1. The lowest BCUT2D eigenvalue weighted by atomic mass is 10.0. The second-order valence-electron chi connectivity index (χ2n) is 3.46. The third-order valence-electron chi connectivity index (χ3n) is 2.94. The van der Waals surface area contributed by atoms with Crippen LogP contribution in [0.15, 0.2) is 0 Å². The smallest absolute Gasteiger partial charge is 0.158 e. The van der Waals surface area contributed by atoms with Gasteiger partial charge in [-0.2, -0.15) is 0 Å². The first-order valence-electron chi connectivity index (χ1n) is 3.87. The van der Waals surface area contributed by atoms with E-state index in [1.807, 2.05) is 0 Å². The number of hydrogen-bond acceptors (Lipinski definition) is 3. The molecule has 0 unspecified atom stereocenters. The molecule has 11 heavy (non-hydrogen) atoms. The van der Waals surface area contributed by atoms with Crippen LogP contribution in [-0.4, -0.2) is 32.1 Å². The summed E-state index contributed by atoms with van der Waals surface area (Å²) in [6.07, 6.45) is 2.72. The predicted molar refractivity (Wildman–Crippen MR) is 41.2 cm³/mol. The largest absolute Gasteiger partial charge is 0.376 e. The summed E-state index contributed by atoms with van der Waals surface area (Å²) < 4.78 is 27.6. The molecule has 0 aromatic heterocycles. The van der Waals surface area contributed by atoms with Crippen molar-refractivity contribution in [3.8, 4) is 0 Å². The maximum absolute atomic E-state index is 11.2. The van der Waals surface area contributed by atoms with Crippen molar-refractivity contribution in [3.05, 3.63) is 0 Å². The molecule has 2 rings (SSSR count). The van der Waals surface area contributed by atoms with Gasteiger partial charge in [0.25, 0.3) is 0 Å². The molecule has 4 heteroatoms. The predicted octanol–water partition coefficient (Wildman–Crippen LogP) is 0.353. The van der Waals surface area contributed by atoms with Crippen molar-refractivity contribution < 1.29 is 13.2 Å². The molecule has 0 spiro atoms. The number of fused-ring (bicyclic) bond motifs is 1. The molecule has 1 aliphatic carbocycles. The molecule has 2 aliphatic rings. The van der Waals surface area contributed by atoms with Crippen LogP contribution in [0.5, 0.6) is 0 Å². The van der Waals surface area contributed by atoms with Gasteiger partial charge in [-0.15, -0.1) is 0 Å². The average Bonchev–Trinajstić information content (AvgIpc) is 2.28. The Kier molecular flexibility index (Phi) is 1.36. The monoisotopic (exact) mass is 176 g/mol. The van der Waals surface area contributed by atoms with Crippen molar-refractivity contribution in [1.82, 2.24) is 0 Å². The summed E-state index contributed by atoms with van der Waals surface area (Å²) >= 11 is 0. The van der Waals surface area contributed by atoms with Gasteiger partial charge >= 0.3 is 0 Å². The van der Waals surface area contributed by atoms with Gasteiger partial charge in [0.15, 0.2) is 9.84 Å². The molecule has 1 heterocycles. The first-order chi connectivity index (χ1) is 5.11. The number of hydrogen-bond donors (Lipinski definition) is 0. The average molecular weight is 176 g/mol. The molecular formula is C7H12O3S. The van der Waals surface area contributed by atoms with Crippen LogP contribution in [0.3, 0.4) is 0 Å². The zero-order chi connectivity index (χ0) is 8.11. The van der Waals surface area contributed by atoms with E-state index in [1.54, 1.807) is 7.11 Å². The van der Waals surface area contributed by atoms with Gasteiger partial charge in [-0.25, -0.2) is 8.42 Å². The molecule has 64 valence electrons. The van der Waals surface area contributed by atoms with Crippen LogP contribution in [0.25, 0.3) is 0 Å². The highest BCUT2D eigenvalue weighted by molar-refractivity contribution is 7.93. The van der Waals surface area contributed by atoms with Crippen molar-refractivity contribution in [2.24, 2.45) is 0 Å². The summed E-state index contributed by atoms with van der Waals surface area (Å²) in [7, 11) is -1.14. The number of sulfone groups is 1. The Bertz CT molecular complexity index is 269. The molecule has 0 aromatic rings. The van der Waals surface area contributed by atoms with Gasteiger partial charge in [0, 0.05) is 7.11 Å². The van der Waals surface area contributed by atoms with Crippen LogP contribution in [0.1, 0.15) is 19.3 Å². The molecule has 1 aliphatic heterocycles. The highest BCUT2D eigenvalue weighted by Crippen LogP contribution is 2.47. The first-order valence-corrected chi connectivity index (χ1v) is 5.59. The number of rotatable bonds is 1. The Balaban J connectivity index is 2.30. The fourth-order valence-corrected chi connectivity index (χ4v) is 4.84. The molecule has 0 radical (unpaired) electrons. The van der Waals surface area contributed by atoms with Crippen LogP contribution in [0.2, 0.25) is 0 Å².